The summed E-state index contributed by atoms with van der Waals surface area (Å²) in [4.78, 5) is 0. The van der Waals surface area contributed by atoms with Crippen LogP contribution in [0.15, 0.2) is 18.2 Å². The second-order valence-corrected chi connectivity index (χ2v) is 5.18. The van der Waals surface area contributed by atoms with Crippen molar-refractivity contribution in [3.8, 4) is 5.75 Å². The molecule has 2 nitrogen and oxygen atoms in total. The second-order valence-electron chi connectivity index (χ2n) is 5.18. The molecule has 1 aromatic carbocycles. The van der Waals surface area contributed by atoms with Crippen molar-refractivity contribution in [1.82, 2.24) is 0 Å². The Kier molecular flexibility index (Phi) is 6.03. The zero-order valence-electron chi connectivity index (χ0n) is 12.4. The lowest BCUT2D eigenvalue weighted by molar-refractivity contribution is 0.242. The van der Waals surface area contributed by atoms with Crippen LogP contribution in [-0.2, 0) is 0 Å². The fraction of sp³-hybridized carbons (Fsp3) is 0.625. The number of rotatable bonds is 7. The molecule has 1 atom stereocenters. The van der Waals surface area contributed by atoms with E-state index in [1.165, 1.54) is 24.1 Å². The zero-order valence-corrected chi connectivity index (χ0v) is 12.4. The van der Waals surface area contributed by atoms with Gasteiger partial charge in [-0.15, -0.1) is 0 Å². The van der Waals surface area contributed by atoms with Crippen LogP contribution in [0.25, 0.3) is 0 Å². The van der Waals surface area contributed by atoms with E-state index in [1.54, 1.807) is 0 Å². The van der Waals surface area contributed by atoms with Gasteiger partial charge in [0.1, 0.15) is 5.75 Å². The fourth-order valence-corrected chi connectivity index (χ4v) is 2.09. The van der Waals surface area contributed by atoms with Crippen molar-refractivity contribution in [3.05, 3.63) is 23.8 Å². The van der Waals surface area contributed by atoms with E-state index < -0.39 is 0 Å². The summed E-state index contributed by atoms with van der Waals surface area (Å²) in [6.07, 6.45) is 3.84. The summed E-state index contributed by atoms with van der Waals surface area (Å²) in [5, 5.41) is 3.62. The van der Waals surface area contributed by atoms with Crippen molar-refractivity contribution in [2.24, 2.45) is 0 Å². The first kappa shape index (κ1) is 14.9. The first-order chi connectivity index (χ1) is 8.56. The van der Waals surface area contributed by atoms with E-state index in [1.807, 2.05) is 6.07 Å². The van der Waals surface area contributed by atoms with Crippen LogP contribution >= 0.6 is 0 Å². The minimum absolute atomic E-state index is 0.228. The number of aryl methyl sites for hydroxylation is 1. The monoisotopic (exact) mass is 249 g/mol. The lowest BCUT2D eigenvalue weighted by atomic mass is 10.1. The molecule has 1 rings (SSSR count). The Balaban J connectivity index is 2.72. The van der Waals surface area contributed by atoms with Crippen LogP contribution in [0.5, 0.6) is 5.75 Å². The minimum Gasteiger partial charge on any atom is -0.491 e. The van der Waals surface area contributed by atoms with E-state index in [9.17, 15) is 0 Å². The van der Waals surface area contributed by atoms with Gasteiger partial charge >= 0.3 is 0 Å². The summed E-state index contributed by atoms with van der Waals surface area (Å²) in [7, 11) is 0. The summed E-state index contributed by atoms with van der Waals surface area (Å²) < 4.78 is 5.70. The highest BCUT2D eigenvalue weighted by atomic mass is 16.5. The van der Waals surface area contributed by atoms with Crippen LogP contribution in [0.1, 0.15) is 52.5 Å². The molecule has 1 N–H and O–H groups in total. The molecular weight excluding hydrogens is 222 g/mol. The van der Waals surface area contributed by atoms with Crippen LogP contribution in [0.2, 0.25) is 0 Å². The van der Waals surface area contributed by atoms with Crippen LogP contribution in [-0.4, -0.2) is 12.1 Å². The van der Waals surface area contributed by atoms with Gasteiger partial charge in [0, 0.05) is 11.7 Å². The molecule has 0 aliphatic rings. The van der Waals surface area contributed by atoms with Gasteiger partial charge in [0.15, 0.2) is 0 Å². The van der Waals surface area contributed by atoms with Crippen molar-refractivity contribution in [1.29, 1.82) is 0 Å². The van der Waals surface area contributed by atoms with Crippen molar-refractivity contribution >= 4 is 5.69 Å². The molecule has 0 saturated heterocycles. The van der Waals surface area contributed by atoms with Crippen LogP contribution in [0.4, 0.5) is 5.69 Å². The van der Waals surface area contributed by atoms with E-state index in [0.717, 1.165) is 12.2 Å². The largest absolute Gasteiger partial charge is 0.491 e. The van der Waals surface area contributed by atoms with Crippen molar-refractivity contribution in [2.45, 2.75) is 66.0 Å². The standard InChI is InChI=1S/C16H27NO/c1-6-8-14(7-2)17-16-10-9-15(11-13(16)5)18-12(3)4/h9-12,14,17H,6-8H2,1-5H3. The lowest BCUT2D eigenvalue weighted by Crippen LogP contribution is -2.18. The molecule has 0 aromatic heterocycles. The van der Waals surface area contributed by atoms with Gasteiger partial charge in [-0.2, -0.15) is 0 Å². The number of anilines is 1. The predicted molar refractivity (Wildman–Crippen MR) is 79.6 cm³/mol. The maximum atomic E-state index is 5.70. The van der Waals surface area contributed by atoms with Crippen LogP contribution < -0.4 is 10.1 Å². The molecule has 0 aliphatic heterocycles. The molecule has 0 amide bonds. The second kappa shape index (κ2) is 7.30. The Labute approximate surface area is 112 Å². The lowest BCUT2D eigenvalue weighted by Gasteiger charge is -2.20. The fourth-order valence-electron chi connectivity index (χ4n) is 2.09. The Morgan fingerprint density at radius 1 is 1.22 bits per heavy atom. The van der Waals surface area contributed by atoms with Gasteiger partial charge in [0.25, 0.3) is 0 Å². The molecule has 0 heterocycles. The van der Waals surface area contributed by atoms with E-state index in [-0.39, 0.29) is 6.10 Å². The maximum absolute atomic E-state index is 5.70. The maximum Gasteiger partial charge on any atom is 0.120 e. The zero-order chi connectivity index (χ0) is 13.5. The van der Waals surface area contributed by atoms with Gasteiger partial charge in [0.2, 0.25) is 0 Å². The quantitative estimate of drug-likeness (QED) is 0.751. The van der Waals surface area contributed by atoms with Gasteiger partial charge in [-0.3, -0.25) is 0 Å². The summed E-state index contributed by atoms with van der Waals surface area (Å²) in [6, 6.07) is 6.87. The average molecular weight is 249 g/mol. The smallest absolute Gasteiger partial charge is 0.120 e. The number of nitrogens with one attached hydrogen (secondary N) is 1. The molecule has 0 fully saturated rings. The normalized spacial score (nSPS) is 12.6. The predicted octanol–water partition coefficient (Wildman–Crippen LogP) is 4.77. The number of hydrogen-bond donors (Lipinski definition) is 1. The first-order valence-electron chi connectivity index (χ1n) is 7.10. The molecule has 0 spiro atoms. The summed E-state index contributed by atoms with van der Waals surface area (Å²) in [5.41, 5.74) is 2.48. The van der Waals surface area contributed by atoms with E-state index in [2.05, 4.69) is 52.1 Å². The summed E-state index contributed by atoms with van der Waals surface area (Å²) in [5.74, 6) is 0.955. The third-order valence-corrected chi connectivity index (χ3v) is 3.06. The highest BCUT2D eigenvalue weighted by molar-refractivity contribution is 5.54. The van der Waals surface area contributed by atoms with Gasteiger partial charge in [-0.05, 0) is 57.4 Å². The Morgan fingerprint density at radius 2 is 1.94 bits per heavy atom. The summed E-state index contributed by atoms with van der Waals surface area (Å²) >= 11 is 0. The molecule has 2 heteroatoms. The number of hydrogen-bond acceptors (Lipinski definition) is 2. The van der Waals surface area contributed by atoms with Crippen LogP contribution in [0, 0.1) is 6.92 Å². The third-order valence-electron chi connectivity index (χ3n) is 3.06. The molecule has 0 aliphatic carbocycles. The molecule has 0 radical (unpaired) electrons. The Hall–Kier alpha value is -1.18. The SMILES string of the molecule is CCCC(CC)Nc1ccc(OC(C)C)cc1C. The van der Waals surface area contributed by atoms with E-state index in [4.69, 9.17) is 4.74 Å². The molecular formula is C16H27NO. The van der Waals surface area contributed by atoms with E-state index >= 15 is 0 Å². The summed E-state index contributed by atoms with van der Waals surface area (Å²) in [6.45, 7) is 10.7. The topological polar surface area (TPSA) is 21.3 Å². The molecule has 1 unspecified atom stereocenters. The van der Waals surface area contributed by atoms with Gasteiger partial charge in [0.05, 0.1) is 6.10 Å². The average Bonchev–Trinajstić information content (AvgIpc) is 2.30. The Morgan fingerprint density at radius 3 is 2.44 bits per heavy atom. The molecule has 102 valence electrons. The van der Waals surface area contributed by atoms with Crippen molar-refractivity contribution in [3.63, 3.8) is 0 Å². The number of benzene rings is 1. The highest BCUT2D eigenvalue weighted by Crippen LogP contribution is 2.23. The molecule has 18 heavy (non-hydrogen) atoms. The minimum atomic E-state index is 0.228. The van der Waals surface area contributed by atoms with E-state index in [0.29, 0.717) is 6.04 Å². The number of ether oxygens (including phenoxy) is 1. The van der Waals surface area contributed by atoms with Crippen molar-refractivity contribution in [2.75, 3.05) is 5.32 Å². The van der Waals surface area contributed by atoms with Gasteiger partial charge < -0.3 is 10.1 Å². The third kappa shape index (κ3) is 4.59. The molecule has 1 aromatic rings. The molecule has 0 bridgehead atoms. The van der Waals surface area contributed by atoms with Crippen LogP contribution in [0.3, 0.4) is 0 Å². The first-order valence-corrected chi connectivity index (χ1v) is 7.10. The molecule has 0 saturated carbocycles. The van der Waals surface area contributed by atoms with Gasteiger partial charge in [-0.25, -0.2) is 0 Å². The van der Waals surface area contributed by atoms with Gasteiger partial charge in [-0.1, -0.05) is 20.3 Å². The van der Waals surface area contributed by atoms with Crippen molar-refractivity contribution < 1.29 is 4.74 Å². The highest BCUT2D eigenvalue weighted by Gasteiger charge is 2.07. The Bertz CT molecular complexity index is 360.